The van der Waals surface area contributed by atoms with Crippen LogP contribution in [0.2, 0.25) is 0 Å². The second-order valence-corrected chi connectivity index (χ2v) is 7.77. The maximum absolute atomic E-state index is 6.03. The fraction of sp³-hybridized carbons (Fsp3) is 0.706. The van der Waals surface area contributed by atoms with Gasteiger partial charge in [0, 0.05) is 44.4 Å². The van der Waals surface area contributed by atoms with Gasteiger partial charge in [0.25, 0.3) is 0 Å². The number of rotatable bonds is 5. The zero-order valence-electron chi connectivity index (χ0n) is 14.0. The molecule has 4 rings (SSSR count). The summed E-state index contributed by atoms with van der Waals surface area (Å²) in [7, 11) is 0. The lowest BCUT2D eigenvalue weighted by atomic mass is 9.92. The van der Waals surface area contributed by atoms with E-state index < -0.39 is 0 Å². The van der Waals surface area contributed by atoms with Gasteiger partial charge in [-0.2, -0.15) is 4.98 Å². The minimum absolute atomic E-state index is 0.508. The first kappa shape index (κ1) is 16.4. The lowest BCUT2D eigenvalue weighted by Gasteiger charge is -2.30. The highest BCUT2D eigenvalue weighted by molar-refractivity contribution is 7.94. The van der Waals surface area contributed by atoms with Crippen LogP contribution in [0.25, 0.3) is 0 Å². The molecule has 6 nitrogen and oxygen atoms in total. The maximum atomic E-state index is 6.03. The summed E-state index contributed by atoms with van der Waals surface area (Å²) in [6, 6.07) is 6.05. The molecule has 0 radical (unpaired) electrons. The van der Waals surface area contributed by atoms with E-state index in [9.17, 15) is 0 Å². The van der Waals surface area contributed by atoms with Crippen LogP contribution in [-0.4, -0.2) is 55.3 Å². The Kier molecular flexibility index (Phi) is 4.85. The molecule has 2 saturated heterocycles. The Bertz CT molecular complexity index is 559. The first-order valence-electron chi connectivity index (χ1n) is 8.83. The predicted molar refractivity (Wildman–Crippen MR) is 95.9 cm³/mol. The van der Waals surface area contributed by atoms with Gasteiger partial charge in [0.15, 0.2) is 0 Å². The van der Waals surface area contributed by atoms with Crippen LogP contribution in [0.5, 0.6) is 5.88 Å². The molecule has 1 unspecified atom stereocenters. The summed E-state index contributed by atoms with van der Waals surface area (Å²) in [5, 5.41) is 5.66. The number of anilines is 1. The summed E-state index contributed by atoms with van der Waals surface area (Å²) in [4.78, 5) is 6.93. The number of nitrogens with two attached hydrogens (primary N) is 1. The van der Waals surface area contributed by atoms with E-state index in [0.29, 0.717) is 11.3 Å². The zero-order chi connectivity index (χ0) is 16.4. The molecule has 0 amide bonds. The number of piperidine rings is 1. The van der Waals surface area contributed by atoms with Crippen molar-refractivity contribution in [1.82, 2.24) is 9.29 Å². The molecule has 2 aliphatic heterocycles. The molecule has 1 saturated carbocycles. The topological polar surface area (TPSA) is 63.8 Å². The zero-order valence-corrected chi connectivity index (χ0v) is 14.8. The van der Waals surface area contributed by atoms with Crippen molar-refractivity contribution in [3.05, 3.63) is 18.2 Å². The highest BCUT2D eigenvalue weighted by Gasteiger charge is 2.55. The Morgan fingerprint density at radius 1 is 1.25 bits per heavy atom. The van der Waals surface area contributed by atoms with Crippen LogP contribution < -0.4 is 14.8 Å². The number of nitrogens with zero attached hydrogens (tertiary/aromatic N) is 3. The van der Waals surface area contributed by atoms with Crippen LogP contribution in [0.4, 0.5) is 5.82 Å². The Labute approximate surface area is 147 Å². The second kappa shape index (κ2) is 7.07. The van der Waals surface area contributed by atoms with Crippen molar-refractivity contribution in [3.8, 4) is 5.88 Å². The van der Waals surface area contributed by atoms with E-state index >= 15 is 0 Å². The quantitative estimate of drug-likeness (QED) is 0.814. The van der Waals surface area contributed by atoms with Crippen molar-refractivity contribution in [2.75, 3.05) is 50.9 Å². The third-order valence-corrected chi connectivity index (χ3v) is 6.37. The summed E-state index contributed by atoms with van der Waals surface area (Å²) in [5.41, 5.74) is 0.508. The van der Waals surface area contributed by atoms with Crippen molar-refractivity contribution < 1.29 is 9.47 Å². The molecule has 132 valence electrons. The van der Waals surface area contributed by atoms with E-state index in [4.69, 9.17) is 14.6 Å². The lowest BCUT2D eigenvalue weighted by molar-refractivity contribution is 0.122. The molecule has 3 heterocycles. The fourth-order valence-corrected chi connectivity index (χ4v) is 4.35. The molecule has 3 aliphatic rings. The highest BCUT2D eigenvalue weighted by Crippen LogP contribution is 2.59. The maximum Gasteiger partial charge on any atom is 0.215 e. The molecular formula is C17H26N4O2S. The van der Waals surface area contributed by atoms with Crippen LogP contribution in [0.3, 0.4) is 0 Å². The summed E-state index contributed by atoms with van der Waals surface area (Å²) < 4.78 is 13.7. The molecule has 1 aromatic heterocycles. The lowest BCUT2D eigenvalue weighted by Crippen LogP contribution is -2.36. The SMILES string of the molecule is NSN1CCC2(CC1)CC2COc1cccc(N2CCOCC2)n1. The van der Waals surface area contributed by atoms with Crippen molar-refractivity contribution in [3.63, 3.8) is 0 Å². The van der Waals surface area contributed by atoms with Gasteiger partial charge in [-0.05, 0) is 36.7 Å². The van der Waals surface area contributed by atoms with Crippen LogP contribution in [0, 0.1) is 11.3 Å². The molecule has 24 heavy (non-hydrogen) atoms. The molecule has 3 fully saturated rings. The number of morpholine rings is 1. The average molecular weight is 350 g/mol. The molecule has 7 heteroatoms. The number of pyridine rings is 1. The number of hydrogen-bond acceptors (Lipinski definition) is 7. The van der Waals surface area contributed by atoms with Gasteiger partial charge in [-0.1, -0.05) is 6.07 Å². The first-order chi connectivity index (χ1) is 11.8. The van der Waals surface area contributed by atoms with Gasteiger partial charge in [0.1, 0.15) is 5.82 Å². The average Bonchev–Trinajstić information content (AvgIpc) is 3.33. The van der Waals surface area contributed by atoms with E-state index in [1.54, 1.807) is 0 Å². The van der Waals surface area contributed by atoms with Crippen molar-refractivity contribution in [1.29, 1.82) is 0 Å². The fourth-order valence-electron chi connectivity index (χ4n) is 3.96. The largest absolute Gasteiger partial charge is 0.477 e. The third kappa shape index (κ3) is 3.49. The summed E-state index contributed by atoms with van der Waals surface area (Å²) in [5.74, 6) is 2.42. The van der Waals surface area contributed by atoms with Crippen LogP contribution in [0.1, 0.15) is 19.3 Å². The molecule has 1 aromatic rings. The summed E-state index contributed by atoms with van der Waals surface area (Å²) in [6.07, 6.45) is 3.78. The van der Waals surface area contributed by atoms with Gasteiger partial charge in [-0.15, -0.1) is 0 Å². The van der Waals surface area contributed by atoms with Gasteiger partial charge < -0.3 is 14.4 Å². The molecule has 2 N–H and O–H groups in total. The Morgan fingerprint density at radius 3 is 2.79 bits per heavy atom. The van der Waals surface area contributed by atoms with Crippen molar-refractivity contribution in [2.45, 2.75) is 19.3 Å². The van der Waals surface area contributed by atoms with Gasteiger partial charge in [0.2, 0.25) is 5.88 Å². The molecule has 0 bridgehead atoms. The summed E-state index contributed by atoms with van der Waals surface area (Å²) in [6.45, 7) is 6.33. The van der Waals surface area contributed by atoms with Crippen LogP contribution in [-0.2, 0) is 4.74 Å². The van der Waals surface area contributed by atoms with Gasteiger partial charge >= 0.3 is 0 Å². The molecule has 1 spiro atoms. The van der Waals surface area contributed by atoms with E-state index in [-0.39, 0.29) is 0 Å². The van der Waals surface area contributed by atoms with E-state index in [0.717, 1.165) is 57.7 Å². The van der Waals surface area contributed by atoms with Crippen LogP contribution in [0.15, 0.2) is 18.2 Å². The monoisotopic (exact) mass is 350 g/mol. The van der Waals surface area contributed by atoms with Crippen molar-refractivity contribution >= 4 is 18.0 Å². The van der Waals surface area contributed by atoms with E-state index in [2.05, 4.69) is 20.3 Å². The Hall–Kier alpha value is -1.02. The predicted octanol–water partition coefficient (Wildman–Crippen LogP) is 1.92. The molecule has 0 aromatic carbocycles. The molecule has 1 atom stereocenters. The smallest absolute Gasteiger partial charge is 0.215 e. The molecular weight excluding hydrogens is 324 g/mol. The van der Waals surface area contributed by atoms with Gasteiger partial charge in [-0.3, -0.25) is 5.14 Å². The van der Waals surface area contributed by atoms with E-state index in [1.807, 2.05) is 12.1 Å². The van der Waals surface area contributed by atoms with Crippen molar-refractivity contribution in [2.24, 2.45) is 16.5 Å². The van der Waals surface area contributed by atoms with Gasteiger partial charge in [0.05, 0.1) is 19.8 Å². The van der Waals surface area contributed by atoms with Crippen LogP contribution >= 0.6 is 12.1 Å². The third-order valence-electron chi connectivity index (χ3n) is 5.70. The van der Waals surface area contributed by atoms with Gasteiger partial charge in [-0.25, -0.2) is 4.31 Å². The Morgan fingerprint density at radius 2 is 2.04 bits per heavy atom. The number of ether oxygens (including phenoxy) is 2. The second-order valence-electron chi connectivity index (χ2n) is 7.04. The standard InChI is InChI=1S/C17H26N4O2S/c18-24-21-6-4-17(5-7-21)12-14(17)13-23-16-3-1-2-15(19-16)20-8-10-22-11-9-20/h1-3,14H,4-13,18H2. The Balaban J connectivity index is 1.29. The minimum atomic E-state index is 0.508. The minimum Gasteiger partial charge on any atom is -0.477 e. The normalized spacial score (nSPS) is 26.5. The first-order valence-corrected chi connectivity index (χ1v) is 9.67. The summed E-state index contributed by atoms with van der Waals surface area (Å²) >= 11 is 1.38. The molecule has 1 aliphatic carbocycles. The van der Waals surface area contributed by atoms with E-state index in [1.165, 1.54) is 31.4 Å². The number of aromatic nitrogens is 1. The highest BCUT2D eigenvalue weighted by atomic mass is 32.2. The number of hydrogen-bond donors (Lipinski definition) is 1.